The van der Waals surface area contributed by atoms with Crippen LogP contribution >= 0.6 is 0 Å². The van der Waals surface area contributed by atoms with Crippen LogP contribution < -0.4 is 4.74 Å². The van der Waals surface area contributed by atoms with Gasteiger partial charge in [-0.3, -0.25) is 4.79 Å². The summed E-state index contributed by atoms with van der Waals surface area (Å²) < 4.78 is 5.28. The van der Waals surface area contributed by atoms with Gasteiger partial charge >= 0.3 is 0 Å². The van der Waals surface area contributed by atoms with Gasteiger partial charge in [0.2, 0.25) is 0 Å². The van der Waals surface area contributed by atoms with Crippen LogP contribution in [0.1, 0.15) is 27.0 Å². The molecule has 92 valence electrons. The lowest BCUT2D eigenvalue weighted by molar-refractivity contribution is 0.103. The highest BCUT2D eigenvalue weighted by Crippen LogP contribution is 2.23. The monoisotopic (exact) mass is 240 g/mol. The summed E-state index contributed by atoms with van der Waals surface area (Å²) in [7, 11) is 1.59. The third-order valence-corrected chi connectivity index (χ3v) is 2.88. The van der Waals surface area contributed by atoms with Gasteiger partial charge in [0.1, 0.15) is 5.75 Å². The van der Waals surface area contributed by atoms with E-state index in [9.17, 15) is 4.79 Å². The van der Waals surface area contributed by atoms with E-state index in [0.717, 1.165) is 11.1 Å². The van der Waals surface area contributed by atoms with Gasteiger partial charge in [-0.15, -0.1) is 0 Å². The van der Waals surface area contributed by atoms with Crippen LogP contribution in [0.15, 0.2) is 42.5 Å². The standard InChI is InChI=1S/C16H16O2/c1-11-5-4-6-13(9-11)16(17)14-8-7-12(2)10-15(14)18-3/h4-10H,1-3H3. The van der Waals surface area contributed by atoms with Crippen molar-refractivity contribution < 1.29 is 9.53 Å². The highest BCUT2D eigenvalue weighted by atomic mass is 16.5. The van der Waals surface area contributed by atoms with E-state index in [1.807, 2.05) is 56.3 Å². The Kier molecular flexibility index (Phi) is 3.47. The van der Waals surface area contributed by atoms with Crippen molar-refractivity contribution in [1.82, 2.24) is 0 Å². The van der Waals surface area contributed by atoms with Gasteiger partial charge in [0, 0.05) is 5.56 Å². The van der Waals surface area contributed by atoms with Gasteiger partial charge in [0.05, 0.1) is 12.7 Å². The molecule has 18 heavy (non-hydrogen) atoms. The minimum absolute atomic E-state index is 0.00412. The maximum atomic E-state index is 12.4. The number of hydrogen-bond donors (Lipinski definition) is 0. The summed E-state index contributed by atoms with van der Waals surface area (Å²) >= 11 is 0. The Balaban J connectivity index is 2.46. The average molecular weight is 240 g/mol. The van der Waals surface area contributed by atoms with Gasteiger partial charge in [-0.25, -0.2) is 0 Å². The summed E-state index contributed by atoms with van der Waals surface area (Å²) in [5.41, 5.74) is 3.45. The molecule has 2 heteroatoms. The molecule has 0 aliphatic carbocycles. The van der Waals surface area contributed by atoms with Crippen molar-refractivity contribution in [2.75, 3.05) is 7.11 Å². The zero-order chi connectivity index (χ0) is 13.1. The van der Waals surface area contributed by atoms with E-state index in [2.05, 4.69) is 0 Å². The third kappa shape index (κ3) is 2.43. The first-order valence-electron chi connectivity index (χ1n) is 5.88. The molecule has 2 nitrogen and oxygen atoms in total. The number of carbonyl (C=O) groups excluding carboxylic acids is 1. The molecular formula is C16H16O2. The lowest BCUT2D eigenvalue weighted by atomic mass is 10.00. The summed E-state index contributed by atoms with van der Waals surface area (Å²) in [6, 6.07) is 13.2. The molecule has 0 aliphatic heterocycles. The van der Waals surface area contributed by atoms with Gasteiger partial charge in [0.15, 0.2) is 5.78 Å². The maximum Gasteiger partial charge on any atom is 0.196 e. The van der Waals surface area contributed by atoms with E-state index in [4.69, 9.17) is 4.74 Å². The Morgan fingerprint density at radius 1 is 1.00 bits per heavy atom. The van der Waals surface area contributed by atoms with E-state index in [1.165, 1.54) is 0 Å². The highest BCUT2D eigenvalue weighted by Gasteiger charge is 2.14. The molecule has 2 aromatic carbocycles. The Morgan fingerprint density at radius 2 is 1.72 bits per heavy atom. The van der Waals surface area contributed by atoms with Crippen LogP contribution in [-0.4, -0.2) is 12.9 Å². The summed E-state index contributed by atoms with van der Waals surface area (Å²) in [5, 5.41) is 0. The first-order valence-corrected chi connectivity index (χ1v) is 5.88. The average Bonchev–Trinajstić information content (AvgIpc) is 2.37. The van der Waals surface area contributed by atoms with E-state index >= 15 is 0 Å². The number of methoxy groups -OCH3 is 1. The van der Waals surface area contributed by atoms with Crippen LogP contribution in [0.4, 0.5) is 0 Å². The number of aryl methyl sites for hydroxylation is 2. The number of ether oxygens (including phenoxy) is 1. The first-order chi connectivity index (χ1) is 8.61. The van der Waals surface area contributed by atoms with E-state index in [1.54, 1.807) is 7.11 Å². The molecule has 0 saturated carbocycles. The van der Waals surface area contributed by atoms with Crippen molar-refractivity contribution in [3.8, 4) is 5.75 Å². The summed E-state index contributed by atoms with van der Waals surface area (Å²) in [5.74, 6) is 0.622. The van der Waals surface area contributed by atoms with Gasteiger partial charge in [-0.2, -0.15) is 0 Å². The second kappa shape index (κ2) is 5.05. The quantitative estimate of drug-likeness (QED) is 0.767. The predicted octanol–water partition coefficient (Wildman–Crippen LogP) is 3.54. The topological polar surface area (TPSA) is 26.3 Å². The molecule has 0 aromatic heterocycles. The summed E-state index contributed by atoms with van der Waals surface area (Å²) in [4.78, 5) is 12.4. The molecule has 0 heterocycles. The van der Waals surface area contributed by atoms with Crippen molar-refractivity contribution in [2.45, 2.75) is 13.8 Å². The van der Waals surface area contributed by atoms with Gasteiger partial charge in [-0.1, -0.05) is 29.8 Å². The van der Waals surface area contributed by atoms with Crippen molar-refractivity contribution in [3.05, 3.63) is 64.7 Å². The molecule has 0 unspecified atom stereocenters. The van der Waals surface area contributed by atoms with Crippen LogP contribution in [0.3, 0.4) is 0 Å². The third-order valence-electron chi connectivity index (χ3n) is 2.88. The summed E-state index contributed by atoms with van der Waals surface area (Å²) in [6.45, 7) is 3.95. The molecule has 0 aliphatic rings. The number of hydrogen-bond acceptors (Lipinski definition) is 2. The minimum atomic E-state index is -0.00412. The van der Waals surface area contributed by atoms with Gasteiger partial charge in [0.25, 0.3) is 0 Å². The Labute approximate surface area is 107 Å². The fourth-order valence-corrected chi connectivity index (χ4v) is 1.93. The molecular weight excluding hydrogens is 224 g/mol. The smallest absolute Gasteiger partial charge is 0.196 e. The first kappa shape index (κ1) is 12.4. The maximum absolute atomic E-state index is 12.4. The van der Waals surface area contributed by atoms with E-state index in [0.29, 0.717) is 16.9 Å². The molecule has 0 amide bonds. The molecule has 0 spiro atoms. The molecule has 0 radical (unpaired) electrons. The Morgan fingerprint density at radius 3 is 2.39 bits per heavy atom. The van der Waals surface area contributed by atoms with Crippen molar-refractivity contribution in [3.63, 3.8) is 0 Å². The predicted molar refractivity (Wildman–Crippen MR) is 72.3 cm³/mol. The van der Waals surface area contributed by atoms with Crippen LogP contribution in [0.25, 0.3) is 0 Å². The van der Waals surface area contributed by atoms with Crippen molar-refractivity contribution in [1.29, 1.82) is 0 Å². The van der Waals surface area contributed by atoms with Gasteiger partial charge < -0.3 is 4.74 Å². The number of benzene rings is 2. The lowest BCUT2D eigenvalue weighted by Crippen LogP contribution is -2.04. The number of rotatable bonds is 3. The van der Waals surface area contributed by atoms with Crippen molar-refractivity contribution in [2.24, 2.45) is 0 Å². The van der Waals surface area contributed by atoms with E-state index in [-0.39, 0.29) is 5.78 Å². The molecule has 0 atom stereocenters. The highest BCUT2D eigenvalue weighted by molar-refractivity contribution is 6.10. The fraction of sp³-hybridized carbons (Fsp3) is 0.188. The molecule has 2 rings (SSSR count). The molecule has 0 N–H and O–H groups in total. The largest absolute Gasteiger partial charge is 0.496 e. The van der Waals surface area contributed by atoms with E-state index < -0.39 is 0 Å². The fourth-order valence-electron chi connectivity index (χ4n) is 1.93. The Hall–Kier alpha value is -2.09. The van der Waals surface area contributed by atoms with Crippen LogP contribution in [0.2, 0.25) is 0 Å². The lowest BCUT2D eigenvalue weighted by Gasteiger charge is -2.09. The van der Waals surface area contributed by atoms with Crippen LogP contribution in [0.5, 0.6) is 5.75 Å². The van der Waals surface area contributed by atoms with Crippen molar-refractivity contribution >= 4 is 5.78 Å². The molecule has 0 fully saturated rings. The van der Waals surface area contributed by atoms with Crippen LogP contribution in [0, 0.1) is 13.8 Å². The second-order valence-electron chi connectivity index (χ2n) is 4.40. The van der Waals surface area contributed by atoms with Crippen LogP contribution in [-0.2, 0) is 0 Å². The number of carbonyl (C=O) groups is 1. The van der Waals surface area contributed by atoms with Gasteiger partial charge in [-0.05, 0) is 37.6 Å². The minimum Gasteiger partial charge on any atom is -0.496 e. The Bertz CT molecular complexity index is 585. The number of ketones is 1. The molecule has 0 bridgehead atoms. The molecule has 2 aromatic rings. The second-order valence-corrected chi connectivity index (χ2v) is 4.40. The zero-order valence-electron chi connectivity index (χ0n) is 10.9. The summed E-state index contributed by atoms with van der Waals surface area (Å²) in [6.07, 6.45) is 0. The molecule has 0 saturated heterocycles. The zero-order valence-corrected chi connectivity index (χ0v) is 10.9. The SMILES string of the molecule is COc1cc(C)ccc1C(=O)c1cccc(C)c1. The normalized spacial score (nSPS) is 10.2.